The fourth-order valence-corrected chi connectivity index (χ4v) is 6.34. The molecule has 0 aliphatic carbocycles. The number of ketones is 1. The fourth-order valence-electron chi connectivity index (χ4n) is 1.47. The summed E-state index contributed by atoms with van der Waals surface area (Å²) in [5, 5.41) is 4.28. The van der Waals surface area contributed by atoms with Gasteiger partial charge in [0.1, 0.15) is 5.78 Å². The zero-order valence-electron chi connectivity index (χ0n) is 8.44. The fraction of sp³-hybridized carbons (Fsp3) is 0.182. The Bertz CT molecular complexity index is 386. The maximum atomic E-state index is 11.9. The lowest BCUT2D eigenvalue weighted by atomic mass is 10.5. The van der Waals surface area contributed by atoms with Crippen LogP contribution in [0.5, 0.6) is 0 Å². The minimum atomic E-state index is -0.381. The van der Waals surface area contributed by atoms with Crippen molar-refractivity contribution in [3.8, 4) is 0 Å². The number of hydrogen-bond acceptors (Lipinski definition) is 1. The maximum absolute atomic E-state index is 11.9. The van der Waals surface area contributed by atoms with Crippen LogP contribution in [0, 0.1) is 0 Å². The highest BCUT2D eigenvalue weighted by Crippen LogP contribution is 2.47. The molecule has 0 fully saturated rings. The van der Waals surface area contributed by atoms with Crippen molar-refractivity contribution in [3.63, 3.8) is 0 Å². The highest BCUT2D eigenvalue weighted by Gasteiger charge is 2.17. The Morgan fingerprint density at radius 1 is 1.00 bits per heavy atom. The molecule has 0 bridgehead atoms. The number of thiol groups is 2. The van der Waals surface area contributed by atoms with Gasteiger partial charge in [-0.2, -0.15) is 21.8 Å². The third-order valence-electron chi connectivity index (χ3n) is 2.24. The minimum absolute atomic E-state index is 0.367. The Morgan fingerprint density at radius 2 is 1.44 bits per heavy atom. The first-order chi connectivity index (χ1) is 7.66. The van der Waals surface area contributed by atoms with E-state index in [0.717, 1.165) is 0 Å². The monoisotopic (exact) mass is 382 g/mol. The van der Waals surface area contributed by atoms with Crippen LogP contribution < -0.4 is 0 Å². The van der Waals surface area contributed by atoms with Crippen LogP contribution in [0.1, 0.15) is 0 Å². The molecule has 0 aromatic carbocycles. The van der Waals surface area contributed by atoms with Crippen molar-refractivity contribution in [1.82, 2.24) is 0 Å². The molecule has 2 aliphatic heterocycles. The highest BCUT2D eigenvalue weighted by molar-refractivity contribution is 9.14. The third-order valence-corrected chi connectivity index (χ3v) is 9.35. The second-order valence-electron chi connectivity index (χ2n) is 3.46. The van der Waals surface area contributed by atoms with E-state index >= 15 is 0 Å². The molecule has 16 heavy (non-hydrogen) atoms. The molecule has 2 rings (SSSR count). The predicted octanol–water partition coefficient (Wildman–Crippen LogP) is 4.09. The van der Waals surface area contributed by atoms with Crippen LogP contribution in [0.3, 0.4) is 0 Å². The molecule has 2 atom stereocenters. The summed E-state index contributed by atoms with van der Waals surface area (Å²) in [4.78, 5) is 11.9. The number of carbonyl (C=O) groups excluding carboxylic acids is 1. The molecule has 0 N–H and O–H groups in total. The van der Waals surface area contributed by atoms with Crippen molar-refractivity contribution >= 4 is 59.4 Å². The van der Waals surface area contributed by atoms with Crippen LogP contribution >= 0.6 is 53.6 Å². The number of hydrogen-bond donors (Lipinski definition) is 2. The highest BCUT2D eigenvalue weighted by atomic mass is 79.9. The van der Waals surface area contributed by atoms with Crippen LogP contribution in [0.25, 0.3) is 0 Å². The van der Waals surface area contributed by atoms with Gasteiger partial charge >= 0.3 is 0 Å². The second kappa shape index (κ2) is 5.76. The molecule has 88 valence electrons. The van der Waals surface area contributed by atoms with Crippen LogP contribution in [0.2, 0.25) is 0 Å². The van der Waals surface area contributed by atoms with Gasteiger partial charge in [-0.25, -0.2) is 0 Å². The third kappa shape index (κ3) is 3.15. The van der Waals surface area contributed by atoms with E-state index < -0.39 is 0 Å². The molecule has 1 nitrogen and oxygen atoms in total. The Hall–Kier alpha value is 0.290. The number of allylic oxidation sites excluding steroid dienone is 4. The normalized spacial score (nSPS) is 31.6. The van der Waals surface area contributed by atoms with Gasteiger partial charge in [0.05, 0.1) is 0 Å². The van der Waals surface area contributed by atoms with Gasteiger partial charge in [0, 0.05) is 19.1 Å². The van der Waals surface area contributed by atoms with E-state index in [1.807, 2.05) is 24.3 Å². The number of carbonyl (C=O) groups is 1. The first kappa shape index (κ1) is 12.7. The number of Topliss-reactive ketones (excluding diaryl/α,β-unsaturated/α-hetero) is 1. The Kier molecular flexibility index (Phi) is 4.58. The van der Waals surface area contributed by atoms with Crippen molar-refractivity contribution in [1.29, 1.82) is 0 Å². The van der Waals surface area contributed by atoms with E-state index in [9.17, 15) is 4.79 Å². The Labute approximate surface area is 118 Å². The molecule has 2 heterocycles. The molecule has 0 spiro atoms. The summed E-state index contributed by atoms with van der Waals surface area (Å²) in [6, 6.07) is 0. The molecule has 2 aliphatic rings. The van der Waals surface area contributed by atoms with E-state index in [0.29, 0.717) is 17.3 Å². The zero-order valence-corrected chi connectivity index (χ0v) is 13.4. The van der Waals surface area contributed by atoms with E-state index in [2.05, 4.69) is 42.7 Å². The van der Waals surface area contributed by atoms with Crippen molar-refractivity contribution in [2.24, 2.45) is 0 Å². The zero-order chi connectivity index (χ0) is 11.5. The molecule has 0 amide bonds. The summed E-state index contributed by atoms with van der Waals surface area (Å²) in [5.41, 5.74) is 0. The van der Waals surface area contributed by atoms with Crippen LogP contribution in [-0.4, -0.2) is 17.3 Å². The SMILES string of the molecule is O=C(C[SH]1C=CC=C1Br)C[SH]1C=CC=C1Br. The maximum Gasteiger partial charge on any atom is 0.150 e. The van der Waals surface area contributed by atoms with Gasteiger partial charge in [0.25, 0.3) is 0 Å². The van der Waals surface area contributed by atoms with Gasteiger partial charge in [-0.05, 0) is 54.8 Å². The molecular formula is C11H12Br2OS2. The van der Waals surface area contributed by atoms with E-state index in [-0.39, 0.29) is 21.8 Å². The van der Waals surface area contributed by atoms with Gasteiger partial charge in [0.2, 0.25) is 0 Å². The standard InChI is InChI=1S/C11H12Br2OS2/c12-10-3-1-5-15(10)7-9(14)8-16-6-2-4-11(16)13/h1-6,15-16H,7-8H2. The summed E-state index contributed by atoms with van der Waals surface area (Å²) in [7, 11) is -0.762. The lowest BCUT2D eigenvalue weighted by Gasteiger charge is -2.16. The van der Waals surface area contributed by atoms with E-state index in [1.54, 1.807) is 0 Å². The summed E-state index contributed by atoms with van der Waals surface area (Å²) < 4.78 is 2.36. The smallest absolute Gasteiger partial charge is 0.150 e. The summed E-state index contributed by atoms with van der Waals surface area (Å²) in [5.74, 6) is 1.72. The van der Waals surface area contributed by atoms with Crippen LogP contribution in [-0.2, 0) is 4.79 Å². The number of halogens is 2. The van der Waals surface area contributed by atoms with Crippen molar-refractivity contribution < 1.29 is 4.79 Å². The van der Waals surface area contributed by atoms with Gasteiger partial charge in [-0.1, -0.05) is 12.2 Å². The first-order valence-corrected chi connectivity index (χ1v) is 9.57. The minimum Gasteiger partial charge on any atom is -0.298 e. The van der Waals surface area contributed by atoms with E-state index in [4.69, 9.17) is 0 Å². The molecular weight excluding hydrogens is 372 g/mol. The van der Waals surface area contributed by atoms with Crippen LogP contribution in [0.15, 0.2) is 42.7 Å². The van der Waals surface area contributed by atoms with Crippen LogP contribution in [0.4, 0.5) is 0 Å². The quantitative estimate of drug-likeness (QED) is 0.699. The molecule has 0 aromatic rings. The average molecular weight is 384 g/mol. The summed E-state index contributed by atoms with van der Waals surface area (Å²) in [6.07, 6.45) is 8.13. The topological polar surface area (TPSA) is 17.1 Å². The summed E-state index contributed by atoms with van der Waals surface area (Å²) >= 11 is 7.01. The molecule has 5 heteroatoms. The van der Waals surface area contributed by atoms with Gasteiger partial charge < -0.3 is 0 Å². The largest absolute Gasteiger partial charge is 0.298 e. The Balaban J connectivity index is 1.85. The Morgan fingerprint density at radius 3 is 1.75 bits per heavy atom. The number of rotatable bonds is 4. The van der Waals surface area contributed by atoms with Gasteiger partial charge in [0.15, 0.2) is 0 Å². The first-order valence-electron chi connectivity index (χ1n) is 4.80. The lowest BCUT2D eigenvalue weighted by Crippen LogP contribution is -2.09. The molecule has 2 unspecified atom stereocenters. The van der Waals surface area contributed by atoms with E-state index in [1.165, 1.54) is 7.63 Å². The molecule has 0 saturated carbocycles. The van der Waals surface area contributed by atoms with Crippen molar-refractivity contribution in [2.45, 2.75) is 0 Å². The summed E-state index contributed by atoms with van der Waals surface area (Å²) in [6.45, 7) is 0. The molecule has 0 radical (unpaired) electrons. The average Bonchev–Trinajstić information content (AvgIpc) is 2.79. The van der Waals surface area contributed by atoms with Gasteiger partial charge in [-0.15, -0.1) is 0 Å². The van der Waals surface area contributed by atoms with Crippen molar-refractivity contribution in [3.05, 3.63) is 42.7 Å². The second-order valence-corrected chi connectivity index (χ2v) is 10.5. The van der Waals surface area contributed by atoms with Gasteiger partial charge in [-0.3, -0.25) is 4.79 Å². The molecule has 0 saturated heterocycles. The molecule has 0 aromatic heterocycles. The van der Waals surface area contributed by atoms with Crippen molar-refractivity contribution in [2.75, 3.05) is 11.5 Å². The predicted molar refractivity (Wildman–Crippen MR) is 85.0 cm³/mol. The lowest BCUT2D eigenvalue weighted by molar-refractivity contribution is -0.114.